The Morgan fingerprint density at radius 3 is 2.14 bits per heavy atom. The van der Waals surface area contributed by atoms with Gasteiger partial charge in [0.15, 0.2) is 0 Å². The van der Waals surface area contributed by atoms with Gasteiger partial charge in [-0.2, -0.15) is 0 Å². The Kier molecular flexibility index (Phi) is 10.5. The molecule has 0 spiro atoms. The number of nitrogens with one attached hydrogen (secondary N) is 1. The van der Waals surface area contributed by atoms with Gasteiger partial charge in [-0.05, 0) is 25.0 Å². The summed E-state index contributed by atoms with van der Waals surface area (Å²) >= 11 is 0. The van der Waals surface area contributed by atoms with Crippen molar-refractivity contribution in [2.24, 2.45) is 0 Å². The molecule has 0 aliphatic carbocycles. The van der Waals surface area contributed by atoms with E-state index in [4.69, 9.17) is 4.74 Å². The van der Waals surface area contributed by atoms with Gasteiger partial charge < -0.3 is 9.64 Å². The monoisotopic (exact) mass is 404 g/mol. The molecule has 5 heteroatoms. The average Bonchev–Trinajstić information content (AvgIpc) is 2.70. The molecule has 156 valence electrons. The Balaban J connectivity index is 1.72. The van der Waals surface area contributed by atoms with Gasteiger partial charge in [0.05, 0.1) is 4.90 Å². The fourth-order valence-electron chi connectivity index (χ4n) is 3.49. The third-order valence-corrected chi connectivity index (χ3v) is 6.27. The van der Waals surface area contributed by atoms with Crippen LogP contribution in [-0.2, 0) is 15.7 Å². The second-order valence-electron chi connectivity index (χ2n) is 7.51. The molecular weight excluding hydrogens is 368 g/mol. The third kappa shape index (κ3) is 7.19. The van der Waals surface area contributed by atoms with Crippen LogP contribution in [-0.4, -0.2) is 38.6 Å². The van der Waals surface area contributed by atoms with E-state index >= 15 is 0 Å². The molecule has 0 saturated carbocycles. The predicted molar refractivity (Wildman–Crippen MR) is 121 cm³/mol. The van der Waals surface area contributed by atoms with Crippen LogP contribution in [0.2, 0.25) is 0 Å². The van der Waals surface area contributed by atoms with Gasteiger partial charge in [-0.1, -0.05) is 62.8 Å². The lowest BCUT2D eigenvalue weighted by Gasteiger charge is -2.16. The molecule has 1 N–H and O–H groups in total. The van der Waals surface area contributed by atoms with Crippen LogP contribution < -0.4 is 9.62 Å². The summed E-state index contributed by atoms with van der Waals surface area (Å²) in [5.41, 5.74) is 1.15. The molecule has 0 amide bonds. The summed E-state index contributed by atoms with van der Waals surface area (Å²) in [5.74, 6) is 0. The molecule has 0 bridgehead atoms. The quantitative estimate of drug-likeness (QED) is 0.435. The zero-order valence-electron chi connectivity index (χ0n) is 17.7. The van der Waals surface area contributed by atoms with Crippen molar-refractivity contribution in [3.8, 4) is 0 Å². The average molecular weight is 405 g/mol. The van der Waals surface area contributed by atoms with Crippen LogP contribution in [0.4, 0.5) is 5.69 Å². The number of benzene rings is 2. The highest BCUT2D eigenvalue weighted by Gasteiger charge is 2.10. The van der Waals surface area contributed by atoms with Crippen LogP contribution in [0.3, 0.4) is 0 Å². The number of rotatable bonds is 14. The van der Waals surface area contributed by atoms with Crippen LogP contribution in [0.5, 0.6) is 0 Å². The number of nitrogens with zero attached hydrogens (tertiary/aromatic N) is 1. The molecule has 1 unspecified atom stereocenters. The van der Waals surface area contributed by atoms with E-state index in [2.05, 4.69) is 27.8 Å². The summed E-state index contributed by atoms with van der Waals surface area (Å²) in [7, 11) is 4.67. The number of fused-ring (bicyclic) bond motifs is 1. The number of methoxy groups -OCH3 is 1. The zero-order chi connectivity index (χ0) is 20.2. The van der Waals surface area contributed by atoms with E-state index in [1.165, 1.54) is 44.9 Å². The second-order valence-corrected chi connectivity index (χ2v) is 8.77. The molecule has 0 aliphatic rings. The van der Waals surface area contributed by atoms with E-state index in [9.17, 15) is 4.21 Å². The molecule has 2 aromatic rings. The van der Waals surface area contributed by atoms with Crippen molar-refractivity contribution < 1.29 is 8.95 Å². The summed E-state index contributed by atoms with van der Waals surface area (Å²) in [6.45, 7) is 1.68. The maximum atomic E-state index is 12.8. The van der Waals surface area contributed by atoms with Crippen molar-refractivity contribution in [3.05, 3.63) is 36.4 Å². The Morgan fingerprint density at radius 1 is 0.857 bits per heavy atom. The summed E-state index contributed by atoms with van der Waals surface area (Å²) in [6, 6.07) is 12.3. The molecule has 2 aromatic carbocycles. The molecule has 2 rings (SSSR count). The van der Waals surface area contributed by atoms with Gasteiger partial charge >= 0.3 is 0 Å². The van der Waals surface area contributed by atoms with Crippen LogP contribution in [0.1, 0.15) is 51.4 Å². The van der Waals surface area contributed by atoms with E-state index in [1.54, 1.807) is 7.11 Å². The molecule has 1 atom stereocenters. The first kappa shape index (κ1) is 22.9. The standard InChI is InChI=1S/C23H36N2O2S/c1-25(2)22-16-12-15-21-20(22)14-13-17-23(21)28(26)24-18-10-8-6-4-5-7-9-11-19-27-3/h12-17,24H,4-11,18-19H2,1-3H3. The minimum atomic E-state index is -1.17. The molecule has 0 heterocycles. The highest BCUT2D eigenvalue weighted by molar-refractivity contribution is 7.83. The third-order valence-electron chi connectivity index (χ3n) is 5.05. The van der Waals surface area contributed by atoms with E-state index in [0.29, 0.717) is 0 Å². The number of ether oxygens (including phenoxy) is 1. The highest BCUT2D eigenvalue weighted by Crippen LogP contribution is 2.29. The Bertz CT molecular complexity index is 734. The van der Waals surface area contributed by atoms with Crippen molar-refractivity contribution in [1.29, 1.82) is 0 Å². The molecule has 0 saturated heterocycles. The number of anilines is 1. The Morgan fingerprint density at radius 2 is 1.46 bits per heavy atom. The lowest BCUT2D eigenvalue weighted by molar-refractivity contribution is 0.192. The molecule has 28 heavy (non-hydrogen) atoms. The fraction of sp³-hybridized carbons (Fsp3) is 0.565. The smallest absolute Gasteiger partial charge is 0.125 e. The van der Waals surface area contributed by atoms with Crippen molar-refractivity contribution >= 4 is 27.4 Å². The van der Waals surface area contributed by atoms with Gasteiger partial charge in [0, 0.05) is 50.8 Å². The van der Waals surface area contributed by atoms with Crippen LogP contribution in [0.25, 0.3) is 10.8 Å². The Hall–Kier alpha value is -1.43. The predicted octanol–water partition coefficient (Wildman–Crippen LogP) is 5.29. The summed E-state index contributed by atoms with van der Waals surface area (Å²) in [5, 5.41) is 2.21. The van der Waals surface area contributed by atoms with Crippen molar-refractivity contribution in [2.75, 3.05) is 39.3 Å². The molecule has 0 fully saturated rings. The van der Waals surface area contributed by atoms with Crippen LogP contribution >= 0.6 is 0 Å². The SMILES string of the molecule is COCCCCCCCCCCNS(=O)c1cccc2c(N(C)C)cccc12. The summed E-state index contributed by atoms with van der Waals surface area (Å²) in [4.78, 5) is 2.97. The van der Waals surface area contributed by atoms with Gasteiger partial charge in [0.1, 0.15) is 11.0 Å². The van der Waals surface area contributed by atoms with Crippen molar-refractivity contribution in [3.63, 3.8) is 0 Å². The first-order valence-corrected chi connectivity index (χ1v) is 11.6. The number of hydrogen-bond acceptors (Lipinski definition) is 3. The zero-order valence-corrected chi connectivity index (χ0v) is 18.5. The minimum Gasteiger partial charge on any atom is -0.385 e. The molecular formula is C23H36N2O2S. The van der Waals surface area contributed by atoms with Crippen LogP contribution in [0, 0.1) is 0 Å². The van der Waals surface area contributed by atoms with Gasteiger partial charge in [0.25, 0.3) is 0 Å². The maximum Gasteiger partial charge on any atom is 0.125 e. The van der Waals surface area contributed by atoms with Crippen molar-refractivity contribution in [1.82, 2.24) is 4.72 Å². The molecule has 0 aliphatic heterocycles. The summed E-state index contributed by atoms with van der Waals surface area (Å²) < 4.78 is 21.1. The van der Waals surface area contributed by atoms with E-state index in [-0.39, 0.29) is 0 Å². The lowest BCUT2D eigenvalue weighted by atomic mass is 10.1. The first-order chi connectivity index (χ1) is 13.6. The van der Waals surface area contributed by atoms with E-state index < -0.39 is 11.0 Å². The van der Waals surface area contributed by atoms with Gasteiger partial charge in [-0.25, -0.2) is 8.93 Å². The number of unbranched alkanes of at least 4 members (excludes halogenated alkanes) is 7. The van der Waals surface area contributed by atoms with E-state index in [1.807, 2.05) is 32.3 Å². The van der Waals surface area contributed by atoms with E-state index in [0.717, 1.165) is 40.9 Å². The minimum absolute atomic E-state index is 0.796. The first-order valence-electron chi connectivity index (χ1n) is 10.5. The Labute approximate surface area is 173 Å². The van der Waals surface area contributed by atoms with Gasteiger partial charge in [-0.3, -0.25) is 0 Å². The lowest BCUT2D eigenvalue weighted by Crippen LogP contribution is -2.19. The number of hydrogen-bond donors (Lipinski definition) is 1. The van der Waals surface area contributed by atoms with Crippen LogP contribution in [0.15, 0.2) is 41.3 Å². The largest absolute Gasteiger partial charge is 0.385 e. The second kappa shape index (κ2) is 12.9. The molecule has 0 radical (unpaired) electrons. The van der Waals surface area contributed by atoms with Gasteiger partial charge in [0.2, 0.25) is 0 Å². The van der Waals surface area contributed by atoms with Crippen molar-refractivity contribution in [2.45, 2.75) is 56.3 Å². The molecule has 0 aromatic heterocycles. The maximum absolute atomic E-state index is 12.8. The summed E-state index contributed by atoms with van der Waals surface area (Å²) in [6.07, 6.45) is 9.90. The fourth-order valence-corrected chi connectivity index (χ4v) is 4.56. The normalized spacial score (nSPS) is 12.4. The topological polar surface area (TPSA) is 41.6 Å². The molecule has 4 nitrogen and oxygen atoms in total. The van der Waals surface area contributed by atoms with Gasteiger partial charge in [-0.15, -0.1) is 0 Å². The highest BCUT2D eigenvalue weighted by atomic mass is 32.2.